The summed E-state index contributed by atoms with van der Waals surface area (Å²) in [5, 5.41) is 7.69. The third-order valence-corrected chi connectivity index (χ3v) is 7.49. The van der Waals surface area contributed by atoms with Crippen LogP contribution in [0.3, 0.4) is 0 Å². The second-order valence-corrected chi connectivity index (χ2v) is 9.68. The second-order valence-electron chi connectivity index (χ2n) is 9.68. The fourth-order valence-corrected chi connectivity index (χ4v) is 5.37. The molecule has 172 valence electrons. The summed E-state index contributed by atoms with van der Waals surface area (Å²) >= 11 is 0. The zero-order valence-corrected chi connectivity index (χ0v) is 19.6. The summed E-state index contributed by atoms with van der Waals surface area (Å²) < 4.78 is 0. The molecule has 5 nitrogen and oxygen atoms in total. The number of aromatic nitrogens is 3. The van der Waals surface area contributed by atoms with Crippen molar-refractivity contribution in [1.82, 2.24) is 20.1 Å². The van der Waals surface area contributed by atoms with Crippen LogP contribution in [0, 0.1) is 6.92 Å². The number of H-pyrrole nitrogens is 1. The minimum Gasteiger partial charge on any atom is -0.343 e. The Labute approximate surface area is 196 Å². The molecule has 3 aromatic rings. The van der Waals surface area contributed by atoms with Crippen LogP contribution in [-0.4, -0.2) is 39.1 Å². The molecule has 3 heterocycles. The lowest BCUT2D eigenvalue weighted by atomic mass is 9.92. The van der Waals surface area contributed by atoms with Crippen LogP contribution in [-0.2, 0) is 30.5 Å². The van der Waals surface area contributed by atoms with Crippen LogP contribution in [0.25, 0.3) is 0 Å². The molecule has 2 aliphatic rings. The molecule has 1 fully saturated rings. The number of aromatic amines is 1. The third-order valence-electron chi connectivity index (χ3n) is 7.49. The largest absolute Gasteiger partial charge is 0.343 e. The first-order valence-corrected chi connectivity index (χ1v) is 12.5. The van der Waals surface area contributed by atoms with Gasteiger partial charge in [-0.15, -0.1) is 0 Å². The summed E-state index contributed by atoms with van der Waals surface area (Å²) in [7, 11) is 0. The number of nitrogens with one attached hydrogen (secondary N) is 1. The summed E-state index contributed by atoms with van der Waals surface area (Å²) in [4.78, 5) is 19.7. The number of nitrogens with zero attached hydrogens (tertiary/aromatic N) is 3. The van der Waals surface area contributed by atoms with E-state index in [1.807, 2.05) is 11.1 Å². The van der Waals surface area contributed by atoms with Crippen molar-refractivity contribution in [3.8, 4) is 0 Å². The van der Waals surface area contributed by atoms with E-state index in [0.29, 0.717) is 12.3 Å². The summed E-state index contributed by atoms with van der Waals surface area (Å²) in [5.41, 5.74) is 8.88. The van der Waals surface area contributed by atoms with E-state index < -0.39 is 0 Å². The number of carbonyl (C=O) groups is 1. The Bertz CT molecular complexity index is 1090. The van der Waals surface area contributed by atoms with Crippen molar-refractivity contribution in [2.45, 2.75) is 70.6 Å². The smallest absolute Gasteiger partial charge is 0.222 e. The van der Waals surface area contributed by atoms with Crippen LogP contribution in [0.2, 0.25) is 0 Å². The van der Waals surface area contributed by atoms with E-state index in [1.54, 1.807) is 0 Å². The molecule has 2 aromatic heterocycles. The monoisotopic (exact) mass is 442 g/mol. The fourth-order valence-electron chi connectivity index (χ4n) is 5.37. The van der Waals surface area contributed by atoms with Gasteiger partial charge >= 0.3 is 0 Å². The van der Waals surface area contributed by atoms with Gasteiger partial charge in [0.15, 0.2) is 0 Å². The summed E-state index contributed by atoms with van der Waals surface area (Å²) in [6.07, 6.45) is 11.0. The molecule has 0 bridgehead atoms. The number of likely N-dealkylation sites (tertiary alicyclic amines) is 1. The van der Waals surface area contributed by atoms with Crippen LogP contribution in [0.1, 0.15) is 77.4 Å². The maximum Gasteiger partial charge on any atom is 0.222 e. The number of piperidine rings is 1. The van der Waals surface area contributed by atoms with Crippen LogP contribution in [0.4, 0.5) is 0 Å². The molecule has 0 unspecified atom stereocenters. The lowest BCUT2D eigenvalue weighted by molar-refractivity contribution is -0.132. The fraction of sp³-hybridized carbons (Fsp3) is 0.464. The molecular formula is C28H34N4O. The van der Waals surface area contributed by atoms with E-state index in [9.17, 15) is 4.79 Å². The number of fused-ring (bicyclic) bond motifs is 1. The zero-order chi connectivity index (χ0) is 22.6. The molecule has 1 saturated heterocycles. The van der Waals surface area contributed by atoms with E-state index in [4.69, 9.17) is 4.98 Å². The molecule has 0 atom stereocenters. The molecule has 1 aromatic carbocycles. The van der Waals surface area contributed by atoms with Gasteiger partial charge in [0, 0.05) is 49.4 Å². The molecule has 5 rings (SSSR count). The van der Waals surface area contributed by atoms with Gasteiger partial charge in [0.2, 0.25) is 5.91 Å². The van der Waals surface area contributed by atoms with Gasteiger partial charge in [0.1, 0.15) is 0 Å². The van der Waals surface area contributed by atoms with Crippen molar-refractivity contribution in [1.29, 1.82) is 0 Å². The molecule has 1 N–H and O–H groups in total. The Morgan fingerprint density at radius 3 is 2.70 bits per heavy atom. The van der Waals surface area contributed by atoms with Crippen molar-refractivity contribution < 1.29 is 4.79 Å². The van der Waals surface area contributed by atoms with Crippen molar-refractivity contribution in [2.75, 3.05) is 13.1 Å². The Morgan fingerprint density at radius 2 is 1.91 bits per heavy atom. The number of pyridine rings is 1. The highest BCUT2D eigenvalue weighted by molar-refractivity contribution is 5.76. The first-order chi connectivity index (χ1) is 16.2. The molecule has 1 aliphatic heterocycles. The van der Waals surface area contributed by atoms with E-state index >= 15 is 0 Å². The lowest BCUT2D eigenvalue weighted by Crippen LogP contribution is -2.38. The summed E-state index contributed by atoms with van der Waals surface area (Å²) in [6, 6.07) is 12.9. The lowest BCUT2D eigenvalue weighted by Gasteiger charge is -2.32. The predicted molar refractivity (Wildman–Crippen MR) is 130 cm³/mol. The second kappa shape index (κ2) is 9.90. The maximum absolute atomic E-state index is 12.8. The van der Waals surface area contributed by atoms with Crippen molar-refractivity contribution in [3.63, 3.8) is 0 Å². The maximum atomic E-state index is 12.8. The number of carbonyl (C=O) groups excluding carboxylic acids is 1. The highest BCUT2D eigenvalue weighted by Crippen LogP contribution is 2.28. The average Bonchev–Trinajstić information content (AvgIpc) is 3.28. The summed E-state index contributed by atoms with van der Waals surface area (Å²) in [6.45, 7) is 3.82. The van der Waals surface area contributed by atoms with E-state index in [0.717, 1.165) is 57.3 Å². The minimum atomic E-state index is 0.266. The Balaban J connectivity index is 1.11. The molecule has 33 heavy (non-hydrogen) atoms. The van der Waals surface area contributed by atoms with Crippen LogP contribution >= 0.6 is 0 Å². The van der Waals surface area contributed by atoms with Gasteiger partial charge in [0.25, 0.3) is 0 Å². The normalized spacial score (nSPS) is 16.6. The number of rotatable bonds is 6. The van der Waals surface area contributed by atoms with Gasteiger partial charge in [-0.25, -0.2) is 0 Å². The molecule has 5 heteroatoms. The van der Waals surface area contributed by atoms with E-state index in [1.165, 1.54) is 46.5 Å². The van der Waals surface area contributed by atoms with Gasteiger partial charge in [0.05, 0.1) is 5.69 Å². The van der Waals surface area contributed by atoms with Crippen molar-refractivity contribution in [3.05, 3.63) is 81.9 Å². The standard InChI is InChI=1S/C28H34N4O/c1-20-6-2-3-7-23(20)18-21-10-11-25(29-19-21)22-14-16-32(17-15-22)28(33)13-12-27-24-8-4-5-9-26(24)30-31-27/h2-3,6-7,10-11,19,22H,4-5,8-9,12-18H2,1H3,(H,30,31). The SMILES string of the molecule is Cc1ccccc1Cc1ccc(C2CCN(C(=O)CCc3n[nH]c4c3CCCC4)CC2)nc1. The number of amides is 1. The Hall–Kier alpha value is -2.95. The van der Waals surface area contributed by atoms with Crippen molar-refractivity contribution in [2.24, 2.45) is 0 Å². The Morgan fingerprint density at radius 1 is 1.09 bits per heavy atom. The van der Waals surface area contributed by atoms with Crippen LogP contribution in [0.15, 0.2) is 42.6 Å². The van der Waals surface area contributed by atoms with Gasteiger partial charge < -0.3 is 4.90 Å². The minimum absolute atomic E-state index is 0.266. The van der Waals surface area contributed by atoms with E-state index in [-0.39, 0.29) is 5.91 Å². The quantitative estimate of drug-likeness (QED) is 0.589. The van der Waals surface area contributed by atoms with Gasteiger partial charge in [-0.1, -0.05) is 30.3 Å². The number of benzene rings is 1. The average molecular weight is 443 g/mol. The first-order valence-electron chi connectivity index (χ1n) is 12.5. The molecule has 1 amide bonds. The predicted octanol–water partition coefficient (Wildman–Crippen LogP) is 4.92. The Kier molecular flexibility index (Phi) is 6.56. The van der Waals surface area contributed by atoms with Crippen molar-refractivity contribution >= 4 is 5.91 Å². The molecule has 1 aliphatic carbocycles. The van der Waals surface area contributed by atoms with Crippen LogP contribution < -0.4 is 0 Å². The van der Waals surface area contributed by atoms with Gasteiger partial charge in [-0.05, 0) is 80.2 Å². The third kappa shape index (κ3) is 5.02. The highest BCUT2D eigenvalue weighted by Gasteiger charge is 2.25. The topological polar surface area (TPSA) is 61.9 Å². The number of aryl methyl sites for hydroxylation is 3. The van der Waals surface area contributed by atoms with E-state index in [2.05, 4.69) is 53.5 Å². The number of hydrogen-bond acceptors (Lipinski definition) is 3. The zero-order valence-electron chi connectivity index (χ0n) is 19.6. The number of hydrogen-bond donors (Lipinski definition) is 1. The first kappa shape index (κ1) is 21.9. The van der Waals surface area contributed by atoms with Crippen LogP contribution in [0.5, 0.6) is 0 Å². The molecule has 0 saturated carbocycles. The van der Waals surface area contributed by atoms with Gasteiger partial charge in [-0.2, -0.15) is 5.10 Å². The summed E-state index contributed by atoms with van der Waals surface area (Å²) in [5.74, 6) is 0.711. The van der Waals surface area contributed by atoms with Gasteiger partial charge in [-0.3, -0.25) is 14.9 Å². The molecule has 0 spiro atoms. The molecule has 0 radical (unpaired) electrons. The molecular weight excluding hydrogens is 408 g/mol. The highest BCUT2D eigenvalue weighted by atomic mass is 16.2.